The summed E-state index contributed by atoms with van der Waals surface area (Å²) in [4.78, 5) is 15.8. The van der Waals surface area contributed by atoms with Gasteiger partial charge >= 0.3 is 5.97 Å². The maximum absolute atomic E-state index is 13.7. The van der Waals surface area contributed by atoms with Gasteiger partial charge in [0.05, 0.1) is 25.7 Å². The van der Waals surface area contributed by atoms with Gasteiger partial charge in [0.2, 0.25) is 0 Å². The first-order chi connectivity index (χ1) is 15.2. The summed E-state index contributed by atoms with van der Waals surface area (Å²) in [5, 5.41) is 11.7. The number of halogens is 1. The van der Waals surface area contributed by atoms with Crippen LogP contribution in [0.25, 0.3) is 27.7 Å². The second-order valence-corrected chi connectivity index (χ2v) is 14.2. The molecule has 5 rings (SSSR count). The van der Waals surface area contributed by atoms with E-state index >= 15 is 0 Å². The number of carboxylic acid groups (broad SMARTS) is 1. The highest BCUT2D eigenvalue weighted by atomic mass is 28.3. The molecule has 4 aromatic rings. The molecule has 0 saturated carbocycles. The summed E-state index contributed by atoms with van der Waals surface area (Å²) >= 11 is 0. The summed E-state index contributed by atoms with van der Waals surface area (Å²) in [6.45, 7) is 7.55. The van der Waals surface area contributed by atoms with Crippen molar-refractivity contribution in [3.63, 3.8) is 0 Å². The van der Waals surface area contributed by atoms with Gasteiger partial charge in [-0.05, 0) is 65.2 Å². The predicted molar refractivity (Wildman–Crippen MR) is 130 cm³/mol. The average molecular weight is 443 g/mol. The van der Waals surface area contributed by atoms with Crippen LogP contribution < -0.4 is 5.32 Å². The lowest BCUT2D eigenvalue weighted by atomic mass is 10.00. The van der Waals surface area contributed by atoms with Crippen molar-refractivity contribution in [2.24, 2.45) is 4.99 Å². The molecule has 0 atom stereocenters. The van der Waals surface area contributed by atoms with E-state index in [4.69, 9.17) is 0 Å². The second kappa shape index (κ2) is 7.27. The minimum atomic E-state index is -1.93. The molecule has 0 unspecified atom stereocenters. The van der Waals surface area contributed by atoms with Crippen molar-refractivity contribution in [2.75, 3.05) is 0 Å². The van der Waals surface area contributed by atoms with E-state index in [0.29, 0.717) is 6.54 Å². The van der Waals surface area contributed by atoms with Crippen LogP contribution in [0.4, 0.5) is 4.39 Å². The third kappa shape index (κ3) is 3.27. The van der Waals surface area contributed by atoms with Crippen LogP contribution in [0, 0.1) is 5.82 Å². The zero-order valence-electron chi connectivity index (χ0n) is 18.2. The molecule has 0 bridgehead atoms. The second-order valence-electron chi connectivity index (χ2n) is 9.21. The molecular weight excluding hydrogens is 419 g/mol. The molecule has 6 heteroatoms. The van der Waals surface area contributed by atoms with E-state index in [1.54, 1.807) is 12.1 Å². The number of aromatic nitrogens is 1. The summed E-state index contributed by atoms with van der Waals surface area (Å²) in [6, 6.07) is 18.1. The Bertz CT molecular complexity index is 1400. The van der Waals surface area contributed by atoms with Gasteiger partial charge < -0.3 is 9.67 Å². The van der Waals surface area contributed by atoms with Gasteiger partial charge in [-0.15, -0.1) is 0 Å². The Labute approximate surface area is 186 Å². The lowest BCUT2D eigenvalue weighted by Gasteiger charge is -2.23. The Hall–Kier alpha value is -3.51. The van der Waals surface area contributed by atoms with Crippen molar-refractivity contribution >= 4 is 36.5 Å². The fourth-order valence-electron chi connectivity index (χ4n) is 4.53. The number of aromatic carboxylic acids is 1. The van der Waals surface area contributed by atoms with Crippen molar-refractivity contribution in [2.45, 2.75) is 26.2 Å². The number of hydrogen-bond acceptors (Lipinski definition) is 2. The van der Waals surface area contributed by atoms with Gasteiger partial charge in [0.1, 0.15) is 5.82 Å². The van der Waals surface area contributed by atoms with Crippen molar-refractivity contribution in [1.82, 2.24) is 4.57 Å². The highest BCUT2D eigenvalue weighted by Gasteiger charge is 2.30. The summed E-state index contributed by atoms with van der Waals surface area (Å²) < 4.78 is 16.0. The summed E-state index contributed by atoms with van der Waals surface area (Å²) in [5.74, 6) is -1.21. The third-order valence-corrected chi connectivity index (χ3v) is 7.83. The number of nitrogens with zero attached hydrogens (tertiary/aromatic N) is 2. The van der Waals surface area contributed by atoms with Gasteiger partial charge in [-0.1, -0.05) is 31.8 Å². The van der Waals surface area contributed by atoms with Gasteiger partial charge in [0.15, 0.2) is 0 Å². The number of hydrogen-bond donors (Lipinski definition) is 1. The first kappa shape index (κ1) is 20.4. The van der Waals surface area contributed by atoms with Crippen LogP contribution in [-0.2, 0) is 6.54 Å². The molecule has 0 saturated heterocycles. The number of benzene rings is 3. The highest BCUT2D eigenvalue weighted by Crippen LogP contribution is 2.36. The fraction of sp³-hybridized carbons (Fsp3) is 0.154. The third-order valence-electron chi connectivity index (χ3n) is 5.94. The number of carboxylic acids is 1. The largest absolute Gasteiger partial charge is 0.478 e. The van der Waals surface area contributed by atoms with E-state index in [9.17, 15) is 14.3 Å². The number of carbonyl (C=O) groups is 1. The Balaban J connectivity index is 1.90. The van der Waals surface area contributed by atoms with E-state index in [1.165, 1.54) is 23.0 Å². The monoisotopic (exact) mass is 442 g/mol. The Morgan fingerprint density at radius 1 is 1.03 bits per heavy atom. The molecule has 0 fully saturated rings. The molecule has 0 amide bonds. The molecule has 1 aromatic heterocycles. The Kier molecular flexibility index (Phi) is 4.64. The summed E-state index contributed by atoms with van der Waals surface area (Å²) in [6.07, 6.45) is 1.91. The Morgan fingerprint density at radius 2 is 1.72 bits per heavy atom. The van der Waals surface area contributed by atoms with Gasteiger partial charge in [-0.25, -0.2) is 9.18 Å². The van der Waals surface area contributed by atoms with Crippen molar-refractivity contribution in [1.29, 1.82) is 0 Å². The average Bonchev–Trinajstić information content (AvgIpc) is 3.34. The maximum atomic E-state index is 13.7. The van der Waals surface area contributed by atoms with E-state index in [-0.39, 0.29) is 11.4 Å². The topological polar surface area (TPSA) is 54.6 Å². The molecule has 0 aliphatic carbocycles. The zero-order valence-corrected chi connectivity index (χ0v) is 19.2. The first-order valence-electron chi connectivity index (χ1n) is 10.6. The van der Waals surface area contributed by atoms with Crippen molar-refractivity contribution in [3.05, 3.63) is 83.2 Å². The fourth-order valence-corrected chi connectivity index (χ4v) is 6.48. The highest BCUT2D eigenvalue weighted by molar-refractivity contribution is 6.89. The van der Waals surface area contributed by atoms with Gasteiger partial charge in [0.25, 0.3) is 0 Å². The molecular formula is C26H23FN2O2Si. The van der Waals surface area contributed by atoms with E-state index in [1.807, 2.05) is 30.5 Å². The molecule has 0 spiro atoms. The SMILES string of the molecule is C[Si](C)(C)c1c(-c2ccc(C(=O)O)cc2)c2cc3c(cc2n1-c1ccc(F)cc1)C=NC3. The van der Waals surface area contributed by atoms with Gasteiger partial charge in [-0.3, -0.25) is 4.99 Å². The minimum Gasteiger partial charge on any atom is -0.478 e. The molecule has 1 aliphatic heterocycles. The van der Waals surface area contributed by atoms with E-state index < -0.39 is 14.0 Å². The normalized spacial score (nSPS) is 13.0. The molecule has 0 radical (unpaired) electrons. The maximum Gasteiger partial charge on any atom is 0.335 e. The number of aliphatic imine (C=N–C) groups is 1. The smallest absolute Gasteiger partial charge is 0.335 e. The van der Waals surface area contributed by atoms with E-state index in [2.05, 4.69) is 41.3 Å². The minimum absolute atomic E-state index is 0.264. The Morgan fingerprint density at radius 3 is 2.34 bits per heavy atom. The molecule has 4 nitrogen and oxygen atoms in total. The van der Waals surface area contributed by atoms with Crippen LogP contribution in [0.1, 0.15) is 21.5 Å². The first-order valence-corrected chi connectivity index (χ1v) is 14.1. The molecule has 1 N–H and O–H groups in total. The quantitative estimate of drug-likeness (QED) is 0.418. The molecule has 2 heterocycles. The van der Waals surface area contributed by atoms with Crippen molar-refractivity contribution < 1.29 is 14.3 Å². The molecule has 1 aliphatic rings. The summed E-state index contributed by atoms with van der Waals surface area (Å²) in [5.41, 5.74) is 6.62. The molecule has 160 valence electrons. The van der Waals surface area contributed by atoms with Crippen LogP contribution in [0.2, 0.25) is 19.6 Å². The lowest BCUT2D eigenvalue weighted by Crippen LogP contribution is -2.43. The molecule has 3 aromatic carbocycles. The predicted octanol–water partition coefficient (Wildman–Crippen LogP) is 5.61. The van der Waals surface area contributed by atoms with Crippen LogP contribution >= 0.6 is 0 Å². The van der Waals surface area contributed by atoms with Crippen LogP contribution in [0.15, 0.2) is 65.7 Å². The van der Waals surface area contributed by atoms with Crippen LogP contribution in [0.5, 0.6) is 0 Å². The van der Waals surface area contributed by atoms with Gasteiger partial charge in [0, 0.05) is 28.2 Å². The van der Waals surface area contributed by atoms with Crippen LogP contribution in [0.3, 0.4) is 0 Å². The lowest BCUT2D eigenvalue weighted by molar-refractivity contribution is 0.0697. The number of fused-ring (bicyclic) bond motifs is 2. The zero-order chi connectivity index (χ0) is 22.6. The van der Waals surface area contributed by atoms with Crippen molar-refractivity contribution in [3.8, 4) is 16.8 Å². The van der Waals surface area contributed by atoms with Crippen LogP contribution in [-0.4, -0.2) is 29.9 Å². The molecule has 32 heavy (non-hydrogen) atoms. The van der Waals surface area contributed by atoms with Gasteiger partial charge in [-0.2, -0.15) is 0 Å². The standard InChI is InChI=1S/C26H23FN2O2Si/c1-32(2,3)25-24(16-4-6-17(7-5-16)26(30)31)22-12-18-14-28-15-19(18)13-23(22)29(25)21-10-8-20(27)9-11-21/h4-13,15H,14H2,1-3H3,(H,30,31). The number of rotatable bonds is 4. The summed E-state index contributed by atoms with van der Waals surface area (Å²) in [7, 11) is -1.93. The van der Waals surface area contributed by atoms with E-state index in [0.717, 1.165) is 33.3 Å².